The van der Waals surface area contributed by atoms with E-state index in [1.54, 1.807) is 12.1 Å². The predicted octanol–water partition coefficient (Wildman–Crippen LogP) is 3.84. The van der Waals surface area contributed by atoms with Crippen LogP contribution in [0.3, 0.4) is 0 Å². The number of carbonyl (C=O) groups excluding carboxylic acids is 1. The van der Waals surface area contributed by atoms with Gasteiger partial charge in [-0.05, 0) is 59.2 Å². The lowest BCUT2D eigenvalue weighted by Crippen LogP contribution is -2.36. The Balaban J connectivity index is 1.90. The number of carbonyl (C=O) groups is 1. The fourth-order valence-electron chi connectivity index (χ4n) is 1.91. The van der Waals surface area contributed by atoms with Crippen LogP contribution in [0.5, 0.6) is 0 Å². The topological polar surface area (TPSA) is 55.1 Å². The Bertz CT molecular complexity index is 619. The van der Waals surface area contributed by atoms with E-state index in [4.69, 9.17) is 17.3 Å². The molecule has 21 heavy (non-hydrogen) atoms. The lowest BCUT2D eigenvalue weighted by atomic mass is 10.1. The maximum absolute atomic E-state index is 12.1. The Kier molecular flexibility index (Phi) is 6.02. The smallest absolute Gasteiger partial charge is 0.241 e. The molecule has 0 aliphatic rings. The zero-order valence-corrected chi connectivity index (χ0v) is 14.3. The quantitative estimate of drug-likeness (QED) is 0.730. The highest BCUT2D eigenvalue weighted by Crippen LogP contribution is 2.24. The van der Waals surface area contributed by atoms with Crippen molar-refractivity contribution in [2.75, 3.05) is 5.32 Å². The van der Waals surface area contributed by atoms with Crippen LogP contribution in [0.4, 0.5) is 5.69 Å². The lowest BCUT2D eigenvalue weighted by molar-refractivity contribution is -0.117. The third-order valence-corrected chi connectivity index (χ3v) is 4.10. The molecule has 0 saturated heterocycles. The van der Waals surface area contributed by atoms with Gasteiger partial charge in [-0.15, -0.1) is 0 Å². The monoisotopic (exact) mass is 414 g/mol. The zero-order chi connectivity index (χ0) is 15.2. The van der Waals surface area contributed by atoms with Crippen LogP contribution in [0, 0.1) is 3.57 Å². The molecular formula is C16H16ClIN2O. The number of hydrogen-bond acceptors (Lipinski definition) is 2. The molecule has 2 rings (SSSR count). The molecule has 0 radical (unpaired) electrons. The van der Waals surface area contributed by atoms with Crippen molar-refractivity contribution in [1.82, 2.24) is 0 Å². The first kappa shape index (κ1) is 16.3. The van der Waals surface area contributed by atoms with Gasteiger partial charge in [-0.25, -0.2) is 0 Å². The van der Waals surface area contributed by atoms with E-state index in [-0.39, 0.29) is 5.91 Å². The summed E-state index contributed by atoms with van der Waals surface area (Å²) in [5.74, 6) is -0.214. The number of benzene rings is 2. The average molecular weight is 415 g/mol. The first-order valence-electron chi connectivity index (χ1n) is 6.61. The highest BCUT2D eigenvalue weighted by atomic mass is 127. The number of amides is 1. The van der Waals surface area contributed by atoms with E-state index in [2.05, 4.69) is 27.9 Å². The Morgan fingerprint density at radius 1 is 1.24 bits per heavy atom. The van der Waals surface area contributed by atoms with Crippen LogP contribution in [0.25, 0.3) is 0 Å². The molecule has 2 aromatic rings. The summed E-state index contributed by atoms with van der Waals surface area (Å²) in [5, 5.41) is 3.29. The van der Waals surface area contributed by atoms with E-state index < -0.39 is 6.04 Å². The minimum absolute atomic E-state index is 0.214. The molecule has 1 amide bonds. The van der Waals surface area contributed by atoms with Crippen molar-refractivity contribution in [2.45, 2.75) is 18.9 Å². The summed E-state index contributed by atoms with van der Waals surface area (Å²) in [6.07, 6.45) is 1.37. The van der Waals surface area contributed by atoms with Crippen molar-refractivity contribution in [3.63, 3.8) is 0 Å². The van der Waals surface area contributed by atoms with Crippen molar-refractivity contribution >= 4 is 45.8 Å². The van der Waals surface area contributed by atoms with Crippen LogP contribution in [-0.4, -0.2) is 11.9 Å². The molecule has 0 saturated carbocycles. The second kappa shape index (κ2) is 7.77. The van der Waals surface area contributed by atoms with Crippen LogP contribution in [0.15, 0.2) is 48.5 Å². The Morgan fingerprint density at radius 2 is 1.95 bits per heavy atom. The van der Waals surface area contributed by atoms with Gasteiger partial charge in [0.15, 0.2) is 0 Å². The van der Waals surface area contributed by atoms with E-state index >= 15 is 0 Å². The van der Waals surface area contributed by atoms with E-state index in [1.165, 1.54) is 5.56 Å². The minimum atomic E-state index is -0.555. The number of nitrogens with one attached hydrogen (secondary N) is 1. The molecular weight excluding hydrogens is 399 g/mol. The summed E-state index contributed by atoms with van der Waals surface area (Å²) in [7, 11) is 0. The Hall–Kier alpha value is -1.11. The van der Waals surface area contributed by atoms with E-state index in [1.807, 2.05) is 36.4 Å². The number of anilines is 1. The SMILES string of the molecule is NC(CCc1ccccc1)C(=O)Nc1ccc(I)cc1Cl. The van der Waals surface area contributed by atoms with Gasteiger partial charge in [0.2, 0.25) is 5.91 Å². The molecule has 0 bridgehead atoms. The molecule has 1 unspecified atom stereocenters. The van der Waals surface area contributed by atoms with E-state index in [9.17, 15) is 4.79 Å². The van der Waals surface area contributed by atoms with Crippen LogP contribution < -0.4 is 11.1 Å². The number of rotatable bonds is 5. The van der Waals surface area contributed by atoms with E-state index in [0.29, 0.717) is 17.1 Å². The fraction of sp³-hybridized carbons (Fsp3) is 0.188. The molecule has 0 aliphatic heterocycles. The Morgan fingerprint density at radius 3 is 2.62 bits per heavy atom. The van der Waals surface area contributed by atoms with E-state index in [0.717, 1.165) is 9.99 Å². The van der Waals surface area contributed by atoms with Gasteiger partial charge in [0.05, 0.1) is 16.8 Å². The summed E-state index contributed by atoms with van der Waals surface area (Å²) in [5.41, 5.74) is 7.71. The maximum atomic E-state index is 12.1. The number of halogens is 2. The van der Waals surface area contributed by atoms with Gasteiger partial charge in [0, 0.05) is 3.57 Å². The summed E-state index contributed by atoms with van der Waals surface area (Å²) < 4.78 is 1.02. The molecule has 110 valence electrons. The normalized spacial score (nSPS) is 12.0. The summed E-state index contributed by atoms with van der Waals surface area (Å²) in [6, 6.07) is 14.9. The number of aryl methyl sites for hydroxylation is 1. The number of hydrogen-bond donors (Lipinski definition) is 2. The van der Waals surface area contributed by atoms with Gasteiger partial charge >= 0.3 is 0 Å². The highest BCUT2D eigenvalue weighted by Gasteiger charge is 2.14. The molecule has 5 heteroatoms. The molecule has 0 heterocycles. The van der Waals surface area contributed by atoms with Gasteiger partial charge in [-0.3, -0.25) is 4.79 Å². The van der Waals surface area contributed by atoms with Crippen LogP contribution in [0.2, 0.25) is 5.02 Å². The standard InChI is InChI=1S/C16H16ClIN2O/c17-13-10-12(18)7-9-15(13)20-16(21)14(19)8-6-11-4-2-1-3-5-11/h1-5,7,9-10,14H,6,8,19H2,(H,20,21). The van der Waals surface area contributed by atoms with Crippen LogP contribution in [-0.2, 0) is 11.2 Å². The molecule has 2 aromatic carbocycles. The van der Waals surface area contributed by atoms with Crippen molar-refractivity contribution in [1.29, 1.82) is 0 Å². The molecule has 0 aliphatic carbocycles. The average Bonchev–Trinajstić information content (AvgIpc) is 2.48. The molecule has 0 aromatic heterocycles. The largest absolute Gasteiger partial charge is 0.323 e. The zero-order valence-electron chi connectivity index (χ0n) is 11.4. The second-order valence-corrected chi connectivity index (χ2v) is 6.40. The van der Waals surface area contributed by atoms with Crippen molar-refractivity contribution < 1.29 is 4.79 Å². The third-order valence-electron chi connectivity index (χ3n) is 3.11. The van der Waals surface area contributed by atoms with Gasteiger partial charge < -0.3 is 11.1 Å². The van der Waals surface area contributed by atoms with Gasteiger partial charge in [0.1, 0.15) is 0 Å². The third kappa shape index (κ3) is 4.98. The molecule has 3 N–H and O–H groups in total. The molecule has 0 fully saturated rings. The molecule has 1 atom stereocenters. The van der Waals surface area contributed by atoms with Gasteiger partial charge in [0.25, 0.3) is 0 Å². The minimum Gasteiger partial charge on any atom is -0.323 e. The summed E-state index contributed by atoms with van der Waals surface area (Å²) in [6.45, 7) is 0. The Labute approximate surface area is 143 Å². The second-order valence-electron chi connectivity index (χ2n) is 4.74. The van der Waals surface area contributed by atoms with Gasteiger partial charge in [-0.1, -0.05) is 41.9 Å². The lowest BCUT2D eigenvalue weighted by Gasteiger charge is -2.13. The first-order chi connectivity index (χ1) is 10.1. The first-order valence-corrected chi connectivity index (χ1v) is 8.07. The highest BCUT2D eigenvalue weighted by molar-refractivity contribution is 14.1. The van der Waals surface area contributed by atoms with Crippen molar-refractivity contribution in [3.05, 3.63) is 62.7 Å². The number of nitrogens with two attached hydrogens (primary N) is 1. The fourth-order valence-corrected chi connectivity index (χ4v) is 2.82. The molecule has 0 spiro atoms. The van der Waals surface area contributed by atoms with Crippen LogP contribution >= 0.6 is 34.2 Å². The van der Waals surface area contributed by atoms with Crippen LogP contribution in [0.1, 0.15) is 12.0 Å². The van der Waals surface area contributed by atoms with Gasteiger partial charge in [-0.2, -0.15) is 0 Å². The maximum Gasteiger partial charge on any atom is 0.241 e. The van der Waals surface area contributed by atoms with Crippen molar-refractivity contribution in [3.8, 4) is 0 Å². The summed E-state index contributed by atoms with van der Waals surface area (Å²) >= 11 is 8.26. The summed E-state index contributed by atoms with van der Waals surface area (Å²) in [4.78, 5) is 12.1. The van der Waals surface area contributed by atoms with Crippen molar-refractivity contribution in [2.24, 2.45) is 5.73 Å². The predicted molar refractivity (Wildman–Crippen MR) is 95.5 cm³/mol. The molecule has 3 nitrogen and oxygen atoms in total.